The molecule has 0 aromatic heterocycles. The van der Waals surface area contributed by atoms with Gasteiger partial charge >= 0.3 is 6.03 Å². The van der Waals surface area contributed by atoms with Crippen molar-refractivity contribution >= 4 is 29.6 Å². The molecule has 6 nitrogen and oxygen atoms in total. The summed E-state index contributed by atoms with van der Waals surface area (Å²) in [6.07, 6.45) is 1.49. The van der Waals surface area contributed by atoms with E-state index in [0.717, 1.165) is 21.6 Å². The fourth-order valence-corrected chi connectivity index (χ4v) is 2.85. The van der Waals surface area contributed by atoms with E-state index in [9.17, 15) is 14.4 Å². The summed E-state index contributed by atoms with van der Waals surface area (Å²) in [6, 6.07) is 9.83. The number of ether oxygens (including phenoxy) is 1. The fraction of sp³-hybridized carbons (Fsp3) is 0.190. The van der Waals surface area contributed by atoms with Crippen molar-refractivity contribution in [3.05, 3.63) is 64.2 Å². The predicted octanol–water partition coefficient (Wildman–Crippen LogP) is 3.29. The van der Waals surface area contributed by atoms with Gasteiger partial charge < -0.3 is 4.74 Å². The number of nitrogens with one attached hydrogen (secondary N) is 1. The molecule has 1 N–H and O–H groups in total. The van der Waals surface area contributed by atoms with Gasteiger partial charge in [-0.25, -0.2) is 9.69 Å². The average Bonchev–Trinajstić information content (AvgIpc) is 2.62. The Hall–Kier alpha value is -3.41. The lowest BCUT2D eigenvalue weighted by molar-refractivity contribution is -0.122. The van der Waals surface area contributed by atoms with Crippen LogP contribution in [-0.2, 0) is 9.59 Å². The van der Waals surface area contributed by atoms with E-state index in [0.29, 0.717) is 17.0 Å². The number of imide groups is 2. The number of nitrogens with zero attached hydrogens (tertiary/aromatic N) is 1. The number of hydrogen-bond acceptors (Lipinski definition) is 4. The molecule has 2 aromatic rings. The molecular formula is C21H20N2O4. The van der Waals surface area contributed by atoms with Crippen LogP contribution < -0.4 is 15.0 Å². The Kier molecular flexibility index (Phi) is 4.81. The Labute approximate surface area is 157 Å². The zero-order chi connectivity index (χ0) is 19.7. The summed E-state index contributed by atoms with van der Waals surface area (Å²) in [5.41, 5.74) is 3.86. The van der Waals surface area contributed by atoms with Crippen molar-refractivity contribution < 1.29 is 19.1 Å². The minimum atomic E-state index is -0.753. The molecule has 138 valence electrons. The first-order valence-corrected chi connectivity index (χ1v) is 8.45. The summed E-state index contributed by atoms with van der Waals surface area (Å²) < 4.78 is 5.17. The topological polar surface area (TPSA) is 75.7 Å². The molecule has 4 amide bonds. The summed E-state index contributed by atoms with van der Waals surface area (Å²) in [5.74, 6) is -0.677. The average molecular weight is 364 g/mol. The predicted molar refractivity (Wildman–Crippen MR) is 103 cm³/mol. The summed E-state index contributed by atoms with van der Waals surface area (Å²) in [7, 11) is 1.57. The Morgan fingerprint density at radius 3 is 2.30 bits per heavy atom. The first kappa shape index (κ1) is 18.4. The van der Waals surface area contributed by atoms with Crippen LogP contribution in [0.3, 0.4) is 0 Å². The van der Waals surface area contributed by atoms with Crippen molar-refractivity contribution in [3.63, 3.8) is 0 Å². The van der Waals surface area contributed by atoms with Crippen molar-refractivity contribution in [1.82, 2.24) is 5.32 Å². The largest absolute Gasteiger partial charge is 0.497 e. The lowest BCUT2D eigenvalue weighted by Gasteiger charge is -2.27. The summed E-state index contributed by atoms with van der Waals surface area (Å²) >= 11 is 0. The molecule has 3 rings (SSSR count). The van der Waals surface area contributed by atoms with E-state index < -0.39 is 17.8 Å². The van der Waals surface area contributed by atoms with Crippen LogP contribution in [0.5, 0.6) is 5.75 Å². The number of urea groups is 1. The molecule has 0 spiro atoms. The second-order valence-corrected chi connectivity index (χ2v) is 6.45. The van der Waals surface area contributed by atoms with Crippen molar-refractivity contribution in [3.8, 4) is 5.75 Å². The van der Waals surface area contributed by atoms with Gasteiger partial charge in [-0.15, -0.1) is 0 Å². The number of carbonyl (C=O) groups excluding carboxylic acids is 3. The van der Waals surface area contributed by atoms with Gasteiger partial charge in [0.05, 0.1) is 12.8 Å². The smallest absolute Gasteiger partial charge is 0.335 e. The number of hydrogen-bond donors (Lipinski definition) is 1. The molecular weight excluding hydrogens is 344 g/mol. The number of anilines is 1. The van der Waals surface area contributed by atoms with Gasteiger partial charge in [-0.1, -0.05) is 12.1 Å². The van der Waals surface area contributed by atoms with Gasteiger partial charge in [0.15, 0.2) is 0 Å². The molecule has 0 atom stereocenters. The van der Waals surface area contributed by atoms with E-state index in [2.05, 4.69) is 5.32 Å². The van der Waals surface area contributed by atoms with Crippen molar-refractivity contribution in [2.24, 2.45) is 0 Å². The van der Waals surface area contributed by atoms with E-state index in [-0.39, 0.29) is 5.57 Å². The second kappa shape index (κ2) is 7.07. The van der Waals surface area contributed by atoms with Crippen molar-refractivity contribution in [2.45, 2.75) is 20.8 Å². The molecule has 0 aliphatic carbocycles. The van der Waals surface area contributed by atoms with Gasteiger partial charge in [0, 0.05) is 0 Å². The lowest BCUT2D eigenvalue weighted by atomic mass is 10.0. The van der Waals surface area contributed by atoms with Crippen molar-refractivity contribution in [2.75, 3.05) is 12.0 Å². The van der Waals surface area contributed by atoms with Gasteiger partial charge in [-0.3, -0.25) is 14.9 Å². The lowest BCUT2D eigenvalue weighted by Crippen LogP contribution is -2.54. The van der Waals surface area contributed by atoms with E-state index in [1.165, 1.54) is 6.08 Å². The fourth-order valence-electron chi connectivity index (χ4n) is 2.85. The molecule has 0 saturated carbocycles. The number of benzene rings is 2. The number of carbonyl (C=O) groups is 3. The van der Waals surface area contributed by atoms with Crippen LogP contribution in [0.2, 0.25) is 0 Å². The number of methoxy groups -OCH3 is 1. The highest BCUT2D eigenvalue weighted by Gasteiger charge is 2.36. The van der Waals surface area contributed by atoms with Crippen LogP contribution in [0.4, 0.5) is 10.5 Å². The molecule has 0 bridgehead atoms. The van der Waals surface area contributed by atoms with Crippen LogP contribution in [0.1, 0.15) is 22.3 Å². The molecule has 6 heteroatoms. The van der Waals surface area contributed by atoms with Crippen LogP contribution in [0.25, 0.3) is 6.08 Å². The standard InChI is InChI=1S/C21H20N2O4/c1-12-5-7-16(9-13(12)2)23-20(25)18(19(24)22-21(23)26)11-15-6-8-17(27-4)10-14(15)3/h5-11H,1-4H3,(H,22,24,26)/b18-11+. The van der Waals surface area contributed by atoms with E-state index >= 15 is 0 Å². The Balaban J connectivity index is 2.03. The molecule has 0 radical (unpaired) electrons. The van der Waals surface area contributed by atoms with E-state index in [1.807, 2.05) is 32.9 Å². The minimum Gasteiger partial charge on any atom is -0.497 e. The van der Waals surface area contributed by atoms with Gasteiger partial charge in [0.25, 0.3) is 11.8 Å². The quantitative estimate of drug-likeness (QED) is 0.670. The third kappa shape index (κ3) is 3.46. The molecule has 1 saturated heterocycles. The third-order valence-corrected chi connectivity index (χ3v) is 4.63. The SMILES string of the molecule is COc1ccc(/C=C2\C(=O)NC(=O)N(c3ccc(C)c(C)c3)C2=O)c(C)c1. The number of aryl methyl sites for hydroxylation is 3. The molecule has 1 fully saturated rings. The maximum Gasteiger partial charge on any atom is 0.335 e. The Morgan fingerprint density at radius 1 is 0.926 bits per heavy atom. The highest BCUT2D eigenvalue weighted by atomic mass is 16.5. The van der Waals surface area contributed by atoms with Crippen LogP contribution >= 0.6 is 0 Å². The van der Waals surface area contributed by atoms with E-state index in [4.69, 9.17) is 4.74 Å². The Bertz CT molecular complexity index is 992. The first-order chi connectivity index (χ1) is 12.8. The van der Waals surface area contributed by atoms with Crippen LogP contribution in [0, 0.1) is 20.8 Å². The summed E-state index contributed by atoms with van der Waals surface area (Å²) in [5, 5.41) is 2.24. The molecule has 1 heterocycles. The highest BCUT2D eigenvalue weighted by Crippen LogP contribution is 2.25. The van der Waals surface area contributed by atoms with Crippen LogP contribution in [-0.4, -0.2) is 25.0 Å². The maximum atomic E-state index is 12.9. The third-order valence-electron chi connectivity index (χ3n) is 4.63. The first-order valence-electron chi connectivity index (χ1n) is 8.45. The van der Waals surface area contributed by atoms with Crippen LogP contribution in [0.15, 0.2) is 42.0 Å². The second-order valence-electron chi connectivity index (χ2n) is 6.45. The van der Waals surface area contributed by atoms with Gasteiger partial charge in [-0.05, 0) is 73.4 Å². The van der Waals surface area contributed by atoms with Gasteiger partial charge in [0.1, 0.15) is 11.3 Å². The maximum absolute atomic E-state index is 12.9. The Morgan fingerprint density at radius 2 is 1.67 bits per heavy atom. The highest BCUT2D eigenvalue weighted by molar-refractivity contribution is 6.39. The molecule has 1 aliphatic rings. The number of barbiturate groups is 1. The van der Waals surface area contributed by atoms with Crippen molar-refractivity contribution in [1.29, 1.82) is 0 Å². The number of rotatable bonds is 3. The molecule has 0 unspecified atom stereocenters. The summed E-state index contributed by atoms with van der Waals surface area (Å²) in [4.78, 5) is 38.5. The molecule has 1 aliphatic heterocycles. The molecule has 2 aromatic carbocycles. The molecule has 27 heavy (non-hydrogen) atoms. The minimum absolute atomic E-state index is 0.0962. The number of amides is 4. The monoisotopic (exact) mass is 364 g/mol. The van der Waals surface area contributed by atoms with Gasteiger partial charge in [0.2, 0.25) is 0 Å². The summed E-state index contributed by atoms with van der Waals surface area (Å²) in [6.45, 7) is 5.69. The zero-order valence-corrected chi connectivity index (χ0v) is 15.6. The van der Waals surface area contributed by atoms with E-state index in [1.54, 1.807) is 31.4 Å². The van der Waals surface area contributed by atoms with Gasteiger partial charge in [-0.2, -0.15) is 0 Å². The normalized spacial score (nSPS) is 15.9. The zero-order valence-electron chi connectivity index (χ0n) is 15.6.